The third-order valence-electron chi connectivity index (χ3n) is 4.77. The first-order valence-electron chi connectivity index (χ1n) is 7.67. The molecule has 1 N–H and O–H groups in total. The van der Waals surface area contributed by atoms with Crippen LogP contribution in [0.2, 0.25) is 5.02 Å². The maximum atomic E-state index is 14.9. The van der Waals surface area contributed by atoms with Crippen molar-refractivity contribution < 1.29 is 9.18 Å². The van der Waals surface area contributed by atoms with Crippen molar-refractivity contribution in [3.63, 3.8) is 0 Å². The fourth-order valence-electron chi connectivity index (χ4n) is 3.42. The molecular formula is C15H14ClFIN5O2. The lowest BCUT2D eigenvalue weighted by Crippen LogP contribution is -2.56. The Labute approximate surface area is 161 Å². The molecule has 0 spiro atoms. The Morgan fingerprint density at radius 1 is 1.36 bits per heavy atom. The van der Waals surface area contributed by atoms with Gasteiger partial charge in [-0.15, -0.1) is 0 Å². The normalized spacial score (nSPS) is 20.4. The van der Waals surface area contributed by atoms with E-state index < -0.39 is 17.5 Å². The largest absolute Gasteiger partial charge is 0.359 e. The molecule has 0 radical (unpaired) electrons. The van der Waals surface area contributed by atoms with Crippen LogP contribution in [0, 0.1) is 12.7 Å². The minimum absolute atomic E-state index is 0.0341. The number of benzene rings is 1. The number of anilines is 2. The molecule has 2 aliphatic rings. The molecule has 7 nitrogen and oxygen atoms in total. The Morgan fingerprint density at radius 2 is 2.08 bits per heavy atom. The summed E-state index contributed by atoms with van der Waals surface area (Å²) in [5, 5.41) is 3.20. The molecule has 1 atom stereocenters. The van der Waals surface area contributed by atoms with Crippen LogP contribution in [0.3, 0.4) is 0 Å². The second-order valence-corrected chi connectivity index (χ2v) is 7.65. The van der Waals surface area contributed by atoms with E-state index >= 15 is 0 Å². The monoisotopic (exact) mass is 477 g/mol. The number of likely N-dealkylation sites (N-methyl/N-ethyl adjacent to an activating group) is 1. The fraction of sp³-hybridized carbons (Fsp3) is 0.400. The van der Waals surface area contributed by atoms with Crippen molar-refractivity contribution in [2.75, 3.05) is 36.9 Å². The van der Waals surface area contributed by atoms with Crippen molar-refractivity contribution in [2.24, 2.45) is 0 Å². The van der Waals surface area contributed by atoms with E-state index in [1.165, 1.54) is 9.70 Å². The lowest BCUT2D eigenvalue weighted by Gasteiger charge is -2.38. The Kier molecular flexibility index (Phi) is 3.92. The summed E-state index contributed by atoms with van der Waals surface area (Å²) in [6.45, 7) is 3.20. The standard InChI is InChI=1S/C15H14ClFIN5O2/c1-6-9(16)12-8-11(10(6)17)19-14(24)7-5-21(2)3-4-22(7)13(8)20-15(25)23(12)18/h7H,3-5H2,1-2H3,(H,19,24). The number of hydrogen-bond acceptors (Lipinski definition) is 5. The van der Waals surface area contributed by atoms with Gasteiger partial charge in [-0.3, -0.25) is 4.79 Å². The van der Waals surface area contributed by atoms with Gasteiger partial charge in [0.05, 0.1) is 44.5 Å². The number of nitrogens with one attached hydrogen (secondary N) is 1. The highest BCUT2D eigenvalue weighted by Crippen LogP contribution is 2.42. The molecule has 132 valence electrons. The van der Waals surface area contributed by atoms with Gasteiger partial charge in [0.25, 0.3) is 0 Å². The van der Waals surface area contributed by atoms with Crippen molar-refractivity contribution in [2.45, 2.75) is 13.0 Å². The summed E-state index contributed by atoms with van der Waals surface area (Å²) in [4.78, 5) is 33.0. The first-order chi connectivity index (χ1) is 11.8. The van der Waals surface area contributed by atoms with Gasteiger partial charge in [0.2, 0.25) is 5.91 Å². The van der Waals surface area contributed by atoms with Crippen LogP contribution in [0.25, 0.3) is 10.9 Å². The zero-order valence-corrected chi connectivity index (χ0v) is 16.4. The predicted molar refractivity (Wildman–Crippen MR) is 102 cm³/mol. The number of halogens is 3. The molecular weight excluding hydrogens is 464 g/mol. The molecule has 1 aromatic heterocycles. The van der Waals surface area contributed by atoms with Crippen LogP contribution in [-0.4, -0.2) is 51.3 Å². The predicted octanol–water partition coefficient (Wildman–Crippen LogP) is 1.77. The van der Waals surface area contributed by atoms with Crippen LogP contribution < -0.4 is 15.9 Å². The van der Waals surface area contributed by atoms with Crippen molar-refractivity contribution in [1.29, 1.82) is 0 Å². The average molecular weight is 478 g/mol. The fourth-order valence-corrected chi connectivity index (χ4v) is 4.41. The Bertz CT molecular complexity index is 995. The first-order valence-corrected chi connectivity index (χ1v) is 9.02. The molecule has 25 heavy (non-hydrogen) atoms. The molecule has 10 heteroatoms. The summed E-state index contributed by atoms with van der Waals surface area (Å²) in [6, 6.07) is -0.551. The smallest absolute Gasteiger partial charge is 0.341 e. The second kappa shape index (κ2) is 5.78. The third kappa shape index (κ3) is 2.36. The number of amides is 1. The molecule has 1 amide bonds. The minimum atomic E-state index is -0.600. The van der Waals surface area contributed by atoms with E-state index in [2.05, 4.69) is 10.3 Å². The molecule has 2 aromatic rings. The molecule has 0 aliphatic carbocycles. The molecule has 0 saturated carbocycles. The number of rotatable bonds is 0. The molecule has 4 rings (SSSR count). The van der Waals surface area contributed by atoms with E-state index in [9.17, 15) is 14.0 Å². The first kappa shape index (κ1) is 17.0. The van der Waals surface area contributed by atoms with Crippen molar-refractivity contribution in [3.05, 3.63) is 26.9 Å². The third-order valence-corrected chi connectivity index (χ3v) is 6.13. The second-order valence-electron chi connectivity index (χ2n) is 6.31. The van der Waals surface area contributed by atoms with E-state index in [0.717, 1.165) is 0 Å². The molecule has 0 bridgehead atoms. The van der Waals surface area contributed by atoms with Gasteiger partial charge in [-0.05, 0) is 14.0 Å². The number of aromatic nitrogens is 2. The van der Waals surface area contributed by atoms with E-state index in [1.54, 1.807) is 27.8 Å². The average Bonchev–Trinajstić information content (AvgIpc) is 2.69. The molecule has 1 saturated heterocycles. The number of hydrogen-bond donors (Lipinski definition) is 1. The number of piperazine rings is 1. The number of nitrogens with zero attached hydrogens (tertiary/aromatic N) is 4. The summed E-state index contributed by atoms with van der Waals surface area (Å²) in [5.74, 6) is -0.615. The number of carbonyl (C=O) groups excluding carboxylic acids is 1. The molecule has 1 unspecified atom stereocenters. The van der Waals surface area contributed by atoms with Gasteiger partial charge in [-0.1, -0.05) is 11.6 Å². The van der Waals surface area contributed by atoms with Gasteiger partial charge < -0.3 is 15.1 Å². The molecule has 1 aromatic carbocycles. The molecule has 3 heterocycles. The van der Waals surface area contributed by atoms with E-state index in [-0.39, 0.29) is 22.2 Å². The summed E-state index contributed by atoms with van der Waals surface area (Å²) in [6.07, 6.45) is 0. The summed E-state index contributed by atoms with van der Waals surface area (Å²) < 4.78 is 16.2. The van der Waals surface area contributed by atoms with E-state index in [4.69, 9.17) is 11.6 Å². The van der Waals surface area contributed by atoms with Gasteiger partial charge in [0.1, 0.15) is 11.9 Å². The summed E-state index contributed by atoms with van der Waals surface area (Å²) in [5.41, 5.74) is 0.0790. The van der Waals surface area contributed by atoms with Crippen LogP contribution in [0.1, 0.15) is 5.56 Å². The quantitative estimate of drug-likeness (QED) is 0.586. The van der Waals surface area contributed by atoms with Gasteiger partial charge >= 0.3 is 5.69 Å². The SMILES string of the molecule is Cc1c(F)c2c3c(nc(=O)n(I)c3c1Cl)N1CCN(C)CC1C(=O)N2. The van der Waals surface area contributed by atoms with Gasteiger partial charge in [0, 0.05) is 25.2 Å². The Balaban J connectivity index is 2.15. The maximum absolute atomic E-state index is 14.9. The summed E-state index contributed by atoms with van der Waals surface area (Å²) >= 11 is 8.14. The van der Waals surface area contributed by atoms with E-state index in [0.29, 0.717) is 36.4 Å². The van der Waals surface area contributed by atoms with Crippen LogP contribution in [0.4, 0.5) is 15.9 Å². The lowest BCUT2D eigenvalue weighted by molar-refractivity contribution is -0.118. The number of carbonyl (C=O) groups is 1. The van der Waals surface area contributed by atoms with Crippen LogP contribution >= 0.6 is 34.5 Å². The Morgan fingerprint density at radius 3 is 2.80 bits per heavy atom. The topological polar surface area (TPSA) is 70.5 Å². The van der Waals surface area contributed by atoms with Gasteiger partial charge in [0.15, 0.2) is 5.82 Å². The minimum Gasteiger partial charge on any atom is -0.341 e. The van der Waals surface area contributed by atoms with Gasteiger partial charge in [-0.25, -0.2) is 12.0 Å². The zero-order valence-electron chi connectivity index (χ0n) is 13.4. The highest BCUT2D eigenvalue weighted by molar-refractivity contribution is 14.1. The van der Waals surface area contributed by atoms with Crippen LogP contribution in [0.15, 0.2) is 4.79 Å². The highest BCUT2D eigenvalue weighted by atomic mass is 127. The Hall–Kier alpha value is -1.46. The van der Waals surface area contributed by atoms with E-state index in [1.807, 2.05) is 11.9 Å². The molecule has 2 aliphatic heterocycles. The van der Waals surface area contributed by atoms with Crippen molar-refractivity contribution in [1.82, 2.24) is 12.7 Å². The molecule has 1 fully saturated rings. The number of fused-ring (bicyclic) bond motifs is 2. The zero-order chi connectivity index (χ0) is 18.0. The summed E-state index contributed by atoms with van der Waals surface area (Å²) in [7, 11) is 1.91. The van der Waals surface area contributed by atoms with Crippen LogP contribution in [-0.2, 0) is 4.79 Å². The maximum Gasteiger partial charge on any atom is 0.359 e. The highest BCUT2D eigenvalue weighted by Gasteiger charge is 2.38. The van der Waals surface area contributed by atoms with Crippen LogP contribution in [0.5, 0.6) is 0 Å². The lowest BCUT2D eigenvalue weighted by atomic mass is 10.1. The van der Waals surface area contributed by atoms with Gasteiger partial charge in [-0.2, -0.15) is 4.98 Å². The van der Waals surface area contributed by atoms with Crippen molar-refractivity contribution >= 4 is 62.8 Å². The van der Waals surface area contributed by atoms with Crippen molar-refractivity contribution in [3.8, 4) is 0 Å².